The molecule has 0 aliphatic rings. The molecule has 1 amide bonds. The number of hydrogen-bond acceptors (Lipinski definition) is 3. The summed E-state index contributed by atoms with van der Waals surface area (Å²) in [5, 5.41) is 11.2. The summed E-state index contributed by atoms with van der Waals surface area (Å²) in [6.07, 6.45) is 1.99. The summed E-state index contributed by atoms with van der Waals surface area (Å²) in [5.74, 6) is -1.37. The number of ether oxygens (including phenoxy) is 1. The smallest absolute Gasteiger partial charge is 0.326 e. The highest BCUT2D eigenvalue weighted by molar-refractivity contribution is 5.84. The topological polar surface area (TPSA) is 75.6 Å². The minimum Gasteiger partial charge on any atom is -0.480 e. The molecule has 0 radical (unpaired) electrons. The molecule has 5 heteroatoms. The molecule has 0 aromatic carbocycles. The molecular formula is C10H19NO4. The maximum absolute atomic E-state index is 11.2. The second-order valence-electron chi connectivity index (χ2n) is 3.30. The lowest BCUT2D eigenvalue weighted by atomic mass is 10.2. The van der Waals surface area contributed by atoms with Crippen LogP contribution in [0.15, 0.2) is 0 Å². The van der Waals surface area contributed by atoms with E-state index in [1.165, 1.54) is 0 Å². The molecule has 0 spiro atoms. The number of carbonyl (C=O) groups is 2. The highest BCUT2D eigenvalue weighted by atomic mass is 16.5. The lowest BCUT2D eigenvalue weighted by Crippen LogP contribution is -2.42. The van der Waals surface area contributed by atoms with Gasteiger partial charge in [0.05, 0.1) is 0 Å². The SMILES string of the molecule is CCCOCC(=O)N[C@@H](CCC)C(=O)O. The molecule has 0 aromatic rings. The summed E-state index contributed by atoms with van der Waals surface area (Å²) in [7, 11) is 0. The van der Waals surface area contributed by atoms with Crippen molar-refractivity contribution in [2.45, 2.75) is 39.2 Å². The van der Waals surface area contributed by atoms with E-state index in [-0.39, 0.29) is 12.5 Å². The minimum absolute atomic E-state index is 0.0681. The van der Waals surface area contributed by atoms with Crippen molar-refractivity contribution in [2.75, 3.05) is 13.2 Å². The van der Waals surface area contributed by atoms with Crippen LogP contribution in [0.3, 0.4) is 0 Å². The molecule has 0 bridgehead atoms. The molecule has 2 N–H and O–H groups in total. The van der Waals surface area contributed by atoms with E-state index in [1.807, 2.05) is 13.8 Å². The Bertz CT molecular complexity index is 206. The van der Waals surface area contributed by atoms with Crippen LogP contribution in [-0.2, 0) is 14.3 Å². The molecule has 0 fully saturated rings. The summed E-state index contributed by atoms with van der Waals surface area (Å²) in [4.78, 5) is 21.9. The number of nitrogens with one attached hydrogen (secondary N) is 1. The lowest BCUT2D eigenvalue weighted by molar-refractivity contribution is -0.142. The molecule has 0 saturated heterocycles. The molecule has 15 heavy (non-hydrogen) atoms. The third-order valence-corrected chi connectivity index (χ3v) is 1.79. The Morgan fingerprint density at radius 2 is 2.00 bits per heavy atom. The van der Waals surface area contributed by atoms with E-state index >= 15 is 0 Å². The fourth-order valence-corrected chi connectivity index (χ4v) is 1.09. The van der Waals surface area contributed by atoms with Crippen molar-refractivity contribution in [1.29, 1.82) is 0 Å². The van der Waals surface area contributed by atoms with Crippen LogP contribution >= 0.6 is 0 Å². The zero-order chi connectivity index (χ0) is 11.7. The van der Waals surface area contributed by atoms with Gasteiger partial charge in [0.25, 0.3) is 0 Å². The number of carboxylic acid groups (broad SMARTS) is 1. The molecule has 0 saturated carbocycles. The number of rotatable bonds is 8. The van der Waals surface area contributed by atoms with Crippen LogP contribution in [0.2, 0.25) is 0 Å². The number of amides is 1. The van der Waals surface area contributed by atoms with Gasteiger partial charge in [-0.05, 0) is 12.8 Å². The first kappa shape index (κ1) is 13.9. The molecule has 0 unspecified atom stereocenters. The first-order valence-electron chi connectivity index (χ1n) is 5.21. The Kier molecular flexibility index (Phi) is 7.62. The second-order valence-corrected chi connectivity index (χ2v) is 3.30. The Labute approximate surface area is 89.8 Å². The predicted molar refractivity (Wildman–Crippen MR) is 55.6 cm³/mol. The van der Waals surface area contributed by atoms with Gasteiger partial charge in [-0.3, -0.25) is 4.79 Å². The van der Waals surface area contributed by atoms with E-state index < -0.39 is 12.0 Å². The van der Waals surface area contributed by atoms with Crippen LogP contribution in [0.25, 0.3) is 0 Å². The standard InChI is InChI=1S/C10H19NO4/c1-3-5-8(10(13)14)11-9(12)7-15-6-4-2/h8H,3-7H2,1-2H3,(H,11,12)(H,13,14)/t8-/m0/s1. The van der Waals surface area contributed by atoms with Crippen molar-refractivity contribution >= 4 is 11.9 Å². The Morgan fingerprint density at radius 3 is 2.47 bits per heavy atom. The van der Waals surface area contributed by atoms with Gasteiger partial charge in [0.15, 0.2) is 0 Å². The maximum Gasteiger partial charge on any atom is 0.326 e. The summed E-state index contributed by atoms with van der Waals surface area (Å²) < 4.78 is 5.00. The van der Waals surface area contributed by atoms with Gasteiger partial charge < -0.3 is 15.2 Å². The molecule has 0 aliphatic heterocycles. The van der Waals surface area contributed by atoms with Crippen molar-refractivity contribution < 1.29 is 19.4 Å². The average Bonchev–Trinajstić information content (AvgIpc) is 2.17. The van der Waals surface area contributed by atoms with E-state index in [4.69, 9.17) is 9.84 Å². The van der Waals surface area contributed by atoms with E-state index in [0.717, 1.165) is 6.42 Å². The van der Waals surface area contributed by atoms with Crippen molar-refractivity contribution in [3.63, 3.8) is 0 Å². The predicted octanol–water partition coefficient (Wildman–Crippen LogP) is 0.782. The van der Waals surface area contributed by atoms with Crippen molar-refractivity contribution in [3.8, 4) is 0 Å². The van der Waals surface area contributed by atoms with Gasteiger partial charge in [0.1, 0.15) is 12.6 Å². The number of carboxylic acids is 1. The molecule has 0 rings (SSSR count). The molecule has 5 nitrogen and oxygen atoms in total. The summed E-state index contributed by atoms with van der Waals surface area (Å²) in [6, 6.07) is -0.798. The van der Waals surface area contributed by atoms with Crippen LogP contribution in [0.5, 0.6) is 0 Å². The minimum atomic E-state index is -0.999. The van der Waals surface area contributed by atoms with Gasteiger partial charge in [0, 0.05) is 6.61 Å². The maximum atomic E-state index is 11.2. The van der Waals surface area contributed by atoms with Gasteiger partial charge in [-0.25, -0.2) is 4.79 Å². The third kappa shape index (κ3) is 6.90. The van der Waals surface area contributed by atoms with E-state index in [2.05, 4.69) is 5.32 Å². The van der Waals surface area contributed by atoms with Crippen molar-refractivity contribution in [1.82, 2.24) is 5.32 Å². The third-order valence-electron chi connectivity index (χ3n) is 1.79. The molecule has 0 heterocycles. The van der Waals surface area contributed by atoms with Gasteiger partial charge in [0.2, 0.25) is 5.91 Å². The monoisotopic (exact) mass is 217 g/mol. The number of hydrogen-bond donors (Lipinski definition) is 2. The Hall–Kier alpha value is -1.10. The number of aliphatic carboxylic acids is 1. The summed E-state index contributed by atoms with van der Waals surface area (Å²) in [6.45, 7) is 4.25. The summed E-state index contributed by atoms with van der Waals surface area (Å²) in [5.41, 5.74) is 0. The second kappa shape index (κ2) is 8.23. The highest BCUT2D eigenvalue weighted by Gasteiger charge is 2.18. The van der Waals surface area contributed by atoms with Crippen LogP contribution in [0.1, 0.15) is 33.1 Å². The normalized spacial score (nSPS) is 12.1. The van der Waals surface area contributed by atoms with E-state index in [0.29, 0.717) is 19.4 Å². The Balaban J connectivity index is 3.84. The molecule has 0 aliphatic carbocycles. The average molecular weight is 217 g/mol. The molecule has 0 aromatic heterocycles. The first-order chi connectivity index (χ1) is 7.11. The lowest BCUT2D eigenvalue weighted by Gasteiger charge is -2.13. The van der Waals surface area contributed by atoms with Crippen LogP contribution in [0.4, 0.5) is 0 Å². The molecular weight excluding hydrogens is 198 g/mol. The zero-order valence-corrected chi connectivity index (χ0v) is 9.28. The fourth-order valence-electron chi connectivity index (χ4n) is 1.09. The zero-order valence-electron chi connectivity index (χ0n) is 9.28. The molecule has 1 atom stereocenters. The molecule has 88 valence electrons. The van der Waals surface area contributed by atoms with Gasteiger partial charge in [-0.2, -0.15) is 0 Å². The first-order valence-corrected chi connectivity index (χ1v) is 5.21. The van der Waals surface area contributed by atoms with Crippen LogP contribution < -0.4 is 5.32 Å². The van der Waals surface area contributed by atoms with E-state index in [9.17, 15) is 9.59 Å². The Morgan fingerprint density at radius 1 is 1.33 bits per heavy atom. The quantitative estimate of drug-likeness (QED) is 0.589. The van der Waals surface area contributed by atoms with Crippen molar-refractivity contribution in [3.05, 3.63) is 0 Å². The largest absolute Gasteiger partial charge is 0.480 e. The van der Waals surface area contributed by atoms with Crippen molar-refractivity contribution in [2.24, 2.45) is 0 Å². The van der Waals surface area contributed by atoms with Crippen LogP contribution in [0, 0.1) is 0 Å². The van der Waals surface area contributed by atoms with Gasteiger partial charge in [-0.15, -0.1) is 0 Å². The van der Waals surface area contributed by atoms with Crippen LogP contribution in [-0.4, -0.2) is 36.2 Å². The summed E-state index contributed by atoms with van der Waals surface area (Å²) >= 11 is 0. The number of carbonyl (C=O) groups excluding carboxylic acids is 1. The highest BCUT2D eigenvalue weighted by Crippen LogP contribution is 1.96. The van der Waals surface area contributed by atoms with Gasteiger partial charge in [-0.1, -0.05) is 20.3 Å². The fraction of sp³-hybridized carbons (Fsp3) is 0.800. The van der Waals surface area contributed by atoms with Gasteiger partial charge >= 0.3 is 5.97 Å². The van der Waals surface area contributed by atoms with E-state index in [1.54, 1.807) is 0 Å².